The van der Waals surface area contributed by atoms with E-state index in [0.29, 0.717) is 15.1 Å². The molecule has 0 bridgehead atoms. The van der Waals surface area contributed by atoms with Crippen molar-refractivity contribution in [3.63, 3.8) is 0 Å². The van der Waals surface area contributed by atoms with Crippen LogP contribution in [0, 0.1) is 10.1 Å². The van der Waals surface area contributed by atoms with Crippen LogP contribution in [0.2, 0.25) is 0 Å². The highest BCUT2D eigenvalue weighted by Gasteiger charge is 2.14. The van der Waals surface area contributed by atoms with Crippen molar-refractivity contribution >= 4 is 54.6 Å². The van der Waals surface area contributed by atoms with E-state index in [4.69, 9.17) is 0 Å². The van der Waals surface area contributed by atoms with E-state index in [1.807, 2.05) is 24.3 Å². The largest absolute Gasteiger partial charge is 0.316 e. The van der Waals surface area contributed by atoms with E-state index >= 15 is 0 Å². The van der Waals surface area contributed by atoms with Gasteiger partial charge in [-0.3, -0.25) is 14.9 Å². The first-order chi connectivity index (χ1) is 13.1. The van der Waals surface area contributed by atoms with Gasteiger partial charge in [-0.2, -0.15) is 4.99 Å². The molecule has 0 N–H and O–H groups in total. The predicted molar refractivity (Wildman–Crippen MR) is 108 cm³/mol. The summed E-state index contributed by atoms with van der Waals surface area (Å²) >= 11 is 2.79. The molecule has 0 unspecified atom stereocenters. The Labute approximate surface area is 162 Å². The van der Waals surface area contributed by atoms with Crippen molar-refractivity contribution in [3.8, 4) is 0 Å². The number of rotatable bonds is 4. The number of amides is 1. The Bertz CT molecular complexity index is 1250. The van der Waals surface area contributed by atoms with E-state index in [0.717, 1.165) is 27.9 Å². The lowest BCUT2D eigenvalue weighted by atomic mass is 10.2. The lowest BCUT2D eigenvalue weighted by Gasteiger charge is -2.01. The summed E-state index contributed by atoms with van der Waals surface area (Å²) in [7, 11) is 0. The van der Waals surface area contributed by atoms with E-state index in [-0.39, 0.29) is 11.6 Å². The van der Waals surface area contributed by atoms with Gasteiger partial charge in [0.1, 0.15) is 0 Å². The molecular formula is C19H15N3O3S2. The van der Waals surface area contributed by atoms with Gasteiger partial charge in [0.25, 0.3) is 11.6 Å². The predicted octanol–water partition coefficient (Wildman–Crippen LogP) is 4.98. The molecule has 0 aliphatic heterocycles. The molecule has 2 aromatic heterocycles. The number of carbonyl (C=O) groups excluding carboxylic acids is 1. The molecule has 0 radical (unpaired) electrons. The standard InChI is InChI=1S/C19H15N3O3S2/c1-2-9-21-14-5-3-4-6-16(14)27-19(21)20-18(23)17-11-12-10-13(22(24)25)7-8-15(12)26-17/h3-8,10-11H,2,9H2,1H3. The molecule has 0 atom stereocenters. The summed E-state index contributed by atoms with van der Waals surface area (Å²) in [5, 5.41) is 11.6. The molecule has 136 valence electrons. The number of aryl methyl sites for hydroxylation is 1. The van der Waals surface area contributed by atoms with Crippen LogP contribution in [0.15, 0.2) is 53.5 Å². The van der Waals surface area contributed by atoms with Crippen molar-refractivity contribution in [2.75, 3.05) is 0 Å². The molecule has 1 amide bonds. The maximum absolute atomic E-state index is 12.7. The van der Waals surface area contributed by atoms with Crippen LogP contribution in [-0.4, -0.2) is 15.4 Å². The maximum Gasteiger partial charge on any atom is 0.289 e. The number of carbonyl (C=O) groups is 1. The number of thiazole rings is 1. The van der Waals surface area contributed by atoms with Gasteiger partial charge in [0.15, 0.2) is 4.80 Å². The first-order valence-electron chi connectivity index (χ1n) is 8.42. The second kappa shape index (κ2) is 7.05. The van der Waals surface area contributed by atoms with E-state index in [1.54, 1.807) is 12.1 Å². The third kappa shape index (κ3) is 3.29. The number of aromatic nitrogens is 1. The van der Waals surface area contributed by atoms with Gasteiger partial charge < -0.3 is 4.57 Å². The topological polar surface area (TPSA) is 77.5 Å². The number of nitrogens with zero attached hydrogens (tertiary/aromatic N) is 3. The number of benzene rings is 2. The van der Waals surface area contributed by atoms with Gasteiger partial charge in [0.2, 0.25) is 0 Å². The number of para-hydroxylation sites is 1. The Morgan fingerprint density at radius 1 is 1.15 bits per heavy atom. The highest BCUT2D eigenvalue weighted by atomic mass is 32.1. The van der Waals surface area contributed by atoms with Crippen molar-refractivity contribution in [1.29, 1.82) is 0 Å². The summed E-state index contributed by atoms with van der Waals surface area (Å²) in [6.45, 7) is 2.87. The van der Waals surface area contributed by atoms with E-state index in [1.165, 1.54) is 34.8 Å². The Morgan fingerprint density at radius 2 is 1.96 bits per heavy atom. The number of hydrogen-bond acceptors (Lipinski definition) is 5. The van der Waals surface area contributed by atoms with Crippen molar-refractivity contribution in [3.05, 3.63) is 68.3 Å². The summed E-state index contributed by atoms with van der Waals surface area (Å²) in [6, 6.07) is 14.3. The van der Waals surface area contributed by atoms with Crippen LogP contribution in [-0.2, 0) is 6.54 Å². The number of nitro benzene ring substituents is 1. The van der Waals surface area contributed by atoms with Gasteiger partial charge in [-0.25, -0.2) is 0 Å². The molecule has 6 nitrogen and oxygen atoms in total. The van der Waals surface area contributed by atoms with Crippen LogP contribution >= 0.6 is 22.7 Å². The second-order valence-corrected chi connectivity index (χ2v) is 8.10. The Balaban J connectivity index is 1.79. The van der Waals surface area contributed by atoms with Crippen molar-refractivity contribution in [2.24, 2.45) is 4.99 Å². The number of hydrogen-bond donors (Lipinski definition) is 0. The minimum absolute atomic E-state index is 0.0153. The summed E-state index contributed by atoms with van der Waals surface area (Å²) in [5.74, 6) is -0.324. The summed E-state index contributed by atoms with van der Waals surface area (Å²) in [5.41, 5.74) is 1.09. The molecule has 27 heavy (non-hydrogen) atoms. The van der Waals surface area contributed by atoms with Gasteiger partial charge in [0.05, 0.1) is 20.0 Å². The quantitative estimate of drug-likeness (QED) is 0.360. The monoisotopic (exact) mass is 397 g/mol. The molecule has 4 aromatic rings. The average molecular weight is 397 g/mol. The molecule has 0 aliphatic carbocycles. The van der Waals surface area contributed by atoms with Crippen molar-refractivity contribution in [1.82, 2.24) is 4.57 Å². The summed E-state index contributed by atoms with van der Waals surface area (Å²) in [4.78, 5) is 28.7. The average Bonchev–Trinajstić information content (AvgIpc) is 3.23. The lowest BCUT2D eigenvalue weighted by Crippen LogP contribution is -2.16. The van der Waals surface area contributed by atoms with Crippen LogP contribution in [0.1, 0.15) is 23.0 Å². The fraction of sp³-hybridized carbons (Fsp3) is 0.158. The number of nitro groups is 1. The molecular weight excluding hydrogens is 382 g/mol. The minimum Gasteiger partial charge on any atom is -0.316 e. The maximum atomic E-state index is 12.7. The SMILES string of the molecule is CCCn1c(=NC(=O)c2cc3cc([N+](=O)[O-])ccc3s2)sc2ccccc21. The van der Waals surface area contributed by atoms with E-state index in [2.05, 4.69) is 16.5 Å². The normalized spacial score (nSPS) is 12.1. The zero-order valence-electron chi connectivity index (χ0n) is 14.4. The minimum atomic E-state index is -0.437. The first-order valence-corrected chi connectivity index (χ1v) is 10.1. The van der Waals surface area contributed by atoms with Crippen LogP contribution in [0.5, 0.6) is 0 Å². The molecule has 2 aromatic carbocycles. The van der Waals surface area contributed by atoms with Crippen molar-refractivity contribution in [2.45, 2.75) is 19.9 Å². The zero-order chi connectivity index (χ0) is 19.0. The van der Waals surface area contributed by atoms with Crippen LogP contribution in [0.25, 0.3) is 20.3 Å². The first kappa shape index (κ1) is 17.6. The molecule has 8 heteroatoms. The van der Waals surface area contributed by atoms with Crippen LogP contribution in [0.3, 0.4) is 0 Å². The fourth-order valence-electron chi connectivity index (χ4n) is 2.94. The summed E-state index contributed by atoms with van der Waals surface area (Å²) < 4.78 is 3.98. The Hall–Kier alpha value is -2.84. The highest BCUT2D eigenvalue weighted by molar-refractivity contribution is 7.21. The number of thiophene rings is 1. The van der Waals surface area contributed by atoms with Gasteiger partial charge in [-0.05, 0) is 30.7 Å². The van der Waals surface area contributed by atoms with Crippen LogP contribution < -0.4 is 4.80 Å². The molecule has 0 fully saturated rings. The summed E-state index contributed by atoms with van der Waals surface area (Å²) in [6.07, 6.45) is 0.939. The fourth-order valence-corrected chi connectivity index (χ4v) is 4.92. The van der Waals surface area contributed by atoms with Crippen LogP contribution in [0.4, 0.5) is 5.69 Å². The lowest BCUT2D eigenvalue weighted by molar-refractivity contribution is -0.384. The Morgan fingerprint density at radius 3 is 2.74 bits per heavy atom. The molecule has 0 aliphatic rings. The number of non-ortho nitro benzene ring substituents is 1. The molecule has 0 saturated carbocycles. The van der Waals surface area contributed by atoms with E-state index in [9.17, 15) is 14.9 Å². The highest BCUT2D eigenvalue weighted by Crippen LogP contribution is 2.29. The zero-order valence-corrected chi connectivity index (χ0v) is 16.0. The third-order valence-electron chi connectivity index (χ3n) is 4.15. The molecule has 2 heterocycles. The van der Waals surface area contributed by atoms with Gasteiger partial charge in [0, 0.05) is 28.8 Å². The molecule has 4 rings (SSSR count). The number of fused-ring (bicyclic) bond motifs is 2. The van der Waals surface area contributed by atoms with Gasteiger partial charge >= 0.3 is 0 Å². The third-order valence-corrected chi connectivity index (χ3v) is 6.32. The Kier molecular flexibility index (Phi) is 4.59. The molecule has 0 saturated heterocycles. The van der Waals surface area contributed by atoms with Gasteiger partial charge in [-0.15, -0.1) is 11.3 Å². The van der Waals surface area contributed by atoms with Gasteiger partial charge in [-0.1, -0.05) is 30.4 Å². The molecule has 0 spiro atoms. The second-order valence-electron chi connectivity index (χ2n) is 6.01. The van der Waals surface area contributed by atoms with Crippen molar-refractivity contribution < 1.29 is 9.72 Å². The van der Waals surface area contributed by atoms with E-state index < -0.39 is 4.92 Å². The smallest absolute Gasteiger partial charge is 0.289 e.